The van der Waals surface area contributed by atoms with E-state index >= 15 is 0 Å². The zero-order chi connectivity index (χ0) is 13.0. The predicted octanol–water partition coefficient (Wildman–Crippen LogP) is -0.606. The van der Waals surface area contributed by atoms with E-state index in [1.165, 1.54) is 0 Å². The van der Waals surface area contributed by atoms with Gasteiger partial charge in [-0.3, -0.25) is 4.79 Å². The Labute approximate surface area is 105 Å². The first-order valence-corrected chi connectivity index (χ1v) is 5.73. The van der Waals surface area contributed by atoms with Crippen LogP contribution in [0.4, 0.5) is 0 Å². The van der Waals surface area contributed by atoms with E-state index in [2.05, 4.69) is 5.32 Å². The van der Waals surface area contributed by atoms with E-state index in [-0.39, 0.29) is 19.3 Å². The zero-order valence-electron chi connectivity index (χ0n) is 9.89. The number of hydrogen-bond acceptors (Lipinski definition) is 5. The Balaban J connectivity index is 1.82. The third-order valence-corrected chi connectivity index (χ3v) is 2.68. The van der Waals surface area contributed by atoms with E-state index in [0.29, 0.717) is 13.0 Å². The van der Waals surface area contributed by atoms with Gasteiger partial charge >= 0.3 is 0 Å². The van der Waals surface area contributed by atoms with Crippen molar-refractivity contribution in [3.8, 4) is 11.5 Å². The van der Waals surface area contributed by atoms with Gasteiger partial charge in [-0.25, -0.2) is 0 Å². The monoisotopic (exact) mass is 252 g/mol. The Hall–Kier alpha value is -1.79. The summed E-state index contributed by atoms with van der Waals surface area (Å²) >= 11 is 0. The normalized spacial score (nSPS) is 14.3. The predicted molar refractivity (Wildman–Crippen MR) is 64.3 cm³/mol. The molecule has 1 heterocycles. The van der Waals surface area contributed by atoms with Gasteiger partial charge in [-0.05, 0) is 24.1 Å². The summed E-state index contributed by atoms with van der Waals surface area (Å²) in [5.41, 5.74) is 6.41. The van der Waals surface area contributed by atoms with Crippen LogP contribution < -0.4 is 20.5 Å². The van der Waals surface area contributed by atoms with Crippen LogP contribution in [0.3, 0.4) is 0 Å². The topological polar surface area (TPSA) is 93.8 Å². The quantitative estimate of drug-likeness (QED) is 0.650. The largest absolute Gasteiger partial charge is 0.454 e. The molecule has 1 unspecified atom stereocenters. The zero-order valence-corrected chi connectivity index (χ0v) is 9.89. The van der Waals surface area contributed by atoms with Gasteiger partial charge in [-0.1, -0.05) is 6.07 Å². The van der Waals surface area contributed by atoms with Gasteiger partial charge in [0.25, 0.3) is 0 Å². The van der Waals surface area contributed by atoms with Gasteiger partial charge in [-0.2, -0.15) is 0 Å². The fraction of sp³-hybridized carbons (Fsp3) is 0.417. The first kappa shape index (κ1) is 12.7. The molecule has 2 rings (SSSR count). The molecule has 6 heteroatoms. The Morgan fingerprint density at radius 1 is 1.44 bits per heavy atom. The highest BCUT2D eigenvalue weighted by Crippen LogP contribution is 2.32. The minimum absolute atomic E-state index is 0.251. The highest BCUT2D eigenvalue weighted by molar-refractivity contribution is 5.81. The van der Waals surface area contributed by atoms with Crippen LogP contribution in [0.25, 0.3) is 0 Å². The molecule has 0 aromatic heterocycles. The van der Waals surface area contributed by atoms with Crippen LogP contribution in [-0.2, 0) is 11.2 Å². The van der Waals surface area contributed by atoms with Crippen molar-refractivity contribution in [2.75, 3.05) is 19.9 Å². The molecule has 1 aliphatic heterocycles. The Morgan fingerprint density at radius 3 is 3.00 bits per heavy atom. The van der Waals surface area contributed by atoms with Gasteiger partial charge < -0.3 is 25.6 Å². The Morgan fingerprint density at radius 2 is 2.22 bits per heavy atom. The van der Waals surface area contributed by atoms with Gasteiger partial charge in [0, 0.05) is 6.54 Å². The van der Waals surface area contributed by atoms with Gasteiger partial charge in [0.2, 0.25) is 12.7 Å². The molecule has 6 nitrogen and oxygen atoms in total. The molecule has 98 valence electrons. The number of amides is 1. The van der Waals surface area contributed by atoms with Gasteiger partial charge in [0.05, 0.1) is 6.61 Å². The smallest absolute Gasteiger partial charge is 0.239 e. The average Bonchev–Trinajstić information content (AvgIpc) is 2.85. The maximum Gasteiger partial charge on any atom is 0.239 e. The number of carbonyl (C=O) groups is 1. The molecule has 1 aromatic carbocycles. The third kappa shape index (κ3) is 2.91. The van der Waals surface area contributed by atoms with E-state index in [4.69, 9.17) is 20.3 Å². The Bertz CT molecular complexity index is 436. The first-order chi connectivity index (χ1) is 8.70. The second-order valence-electron chi connectivity index (χ2n) is 4.02. The maximum atomic E-state index is 11.3. The standard InChI is InChI=1S/C12H16N2O4/c13-9(6-15)12(16)14-4-3-8-1-2-10-11(5-8)18-7-17-10/h1-2,5,9,15H,3-4,6-7,13H2,(H,14,16). The van der Waals surface area contributed by atoms with Crippen molar-refractivity contribution in [1.82, 2.24) is 5.32 Å². The number of fused-ring (bicyclic) bond motifs is 1. The molecule has 1 aliphatic rings. The average molecular weight is 252 g/mol. The molecule has 0 fully saturated rings. The summed E-state index contributed by atoms with van der Waals surface area (Å²) in [7, 11) is 0. The third-order valence-electron chi connectivity index (χ3n) is 2.68. The SMILES string of the molecule is NC(CO)C(=O)NCCc1ccc2c(c1)OCO2. The van der Waals surface area contributed by atoms with E-state index < -0.39 is 6.04 Å². The molecule has 0 spiro atoms. The highest BCUT2D eigenvalue weighted by atomic mass is 16.7. The number of ether oxygens (including phenoxy) is 2. The number of rotatable bonds is 5. The number of hydrogen-bond donors (Lipinski definition) is 3. The lowest BCUT2D eigenvalue weighted by Crippen LogP contribution is -2.43. The number of nitrogens with one attached hydrogen (secondary N) is 1. The highest BCUT2D eigenvalue weighted by Gasteiger charge is 2.14. The van der Waals surface area contributed by atoms with Crippen molar-refractivity contribution in [3.63, 3.8) is 0 Å². The summed E-state index contributed by atoms with van der Waals surface area (Å²) in [6.07, 6.45) is 0.667. The van der Waals surface area contributed by atoms with Crippen LogP contribution in [0, 0.1) is 0 Å². The molecule has 0 saturated carbocycles. The van der Waals surface area contributed by atoms with Crippen LogP contribution in [0.2, 0.25) is 0 Å². The van der Waals surface area contributed by atoms with Crippen LogP contribution in [0.1, 0.15) is 5.56 Å². The van der Waals surface area contributed by atoms with Crippen molar-refractivity contribution in [1.29, 1.82) is 0 Å². The lowest BCUT2D eigenvalue weighted by molar-refractivity contribution is -0.123. The number of benzene rings is 1. The first-order valence-electron chi connectivity index (χ1n) is 5.73. The van der Waals surface area contributed by atoms with Crippen LogP contribution in [0.5, 0.6) is 11.5 Å². The number of carbonyl (C=O) groups excluding carboxylic acids is 1. The molecule has 18 heavy (non-hydrogen) atoms. The van der Waals surface area contributed by atoms with Gasteiger partial charge in [0.15, 0.2) is 11.5 Å². The summed E-state index contributed by atoms with van der Waals surface area (Å²) in [6.45, 7) is 0.364. The summed E-state index contributed by atoms with van der Waals surface area (Å²) in [5, 5.41) is 11.4. The van der Waals surface area contributed by atoms with Crippen molar-refractivity contribution < 1.29 is 19.4 Å². The number of aliphatic hydroxyl groups excluding tert-OH is 1. The molecule has 0 bridgehead atoms. The molecule has 1 atom stereocenters. The van der Waals surface area contributed by atoms with Crippen LogP contribution in [-0.4, -0.2) is 37.0 Å². The number of nitrogens with two attached hydrogens (primary N) is 1. The van der Waals surface area contributed by atoms with E-state index in [1.54, 1.807) is 0 Å². The van der Waals surface area contributed by atoms with Crippen molar-refractivity contribution >= 4 is 5.91 Å². The minimum Gasteiger partial charge on any atom is -0.454 e. The van der Waals surface area contributed by atoms with Crippen LogP contribution in [0.15, 0.2) is 18.2 Å². The van der Waals surface area contributed by atoms with Gasteiger partial charge in [0.1, 0.15) is 6.04 Å². The van der Waals surface area contributed by atoms with E-state index in [9.17, 15) is 4.79 Å². The molecular weight excluding hydrogens is 236 g/mol. The second-order valence-corrected chi connectivity index (χ2v) is 4.02. The molecule has 0 radical (unpaired) electrons. The minimum atomic E-state index is -0.859. The molecular formula is C12H16N2O4. The summed E-state index contributed by atoms with van der Waals surface area (Å²) in [6, 6.07) is 4.80. The molecule has 1 amide bonds. The lowest BCUT2D eigenvalue weighted by atomic mass is 10.1. The molecule has 0 saturated heterocycles. The van der Waals surface area contributed by atoms with E-state index in [0.717, 1.165) is 17.1 Å². The lowest BCUT2D eigenvalue weighted by Gasteiger charge is -2.09. The molecule has 0 aliphatic carbocycles. The summed E-state index contributed by atoms with van der Waals surface area (Å²) in [5.74, 6) is 1.12. The summed E-state index contributed by atoms with van der Waals surface area (Å²) < 4.78 is 10.5. The van der Waals surface area contributed by atoms with Crippen molar-refractivity contribution in [2.24, 2.45) is 5.73 Å². The Kier molecular flexibility index (Phi) is 4.01. The van der Waals surface area contributed by atoms with Crippen molar-refractivity contribution in [3.05, 3.63) is 23.8 Å². The van der Waals surface area contributed by atoms with E-state index in [1.807, 2.05) is 18.2 Å². The van der Waals surface area contributed by atoms with Crippen molar-refractivity contribution in [2.45, 2.75) is 12.5 Å². The van der Waals surface area contributed by atoms with Gasteiger partial charge in [-0.15, -0.1) is 0 Å². The number of aliphatic hydroxyl groups is 1. The second kappa shape index (κ2) is 5.70. The fourth-order valence-corrected chi connectivity index (χ4v) is 1.64. The summed E-state index contributed by atoms with van der Waals surface area (Å²) in [4.78, 5) is 11.3. The van der Waals surface area contributed by atoms with Crippen LogP contribution >= 0.6 is 0 Å². The molecule has 4 N–H and O–H groups in total. The molecule has 1 aromatic rings. The maximum absolute atomic E-state index is 11.3. The fourth-order valence-electron chi connectivity index (χ4n) is 1.64.